The lowest BCUT2D eigenvalue weighted by molar-refractivity contribution is 0.0962. The highest BCUT2D eigenvalue weighted by Gasteiger charge is 2.21. The summed E-state index contributed by atoms with van der Waals surface area (Å²) >= 11 is 3.21. The monoisotopic (exact) mass is 269 g/mol. The quantitative estimate of drug-likeness (QED) is 0.834. The third-order valence-electron chi connectivity index (χ3n) is 2.74. The molecule has 5 heteroatoms. The van der Waals surface area contributed by atoms with Gasteiger partial charge in [0.25, 0.3) is 0 Å². The maximum Gasteiger partial charge on any atom is 0.191 e. The predicted molar refractivity (Wildman–Crippen MR) is 72.2 cm³/mol. The van der Waals surface area contributed by atoms with Crippen molar-refractivity contribution in [2.24, 2.45) is 0 Å². The molecule has 0 atom stereocenters. The van der Waals surface area contributed by atoms with Gasteiger partial charge in [-0.25, -0.2) is 0 Å². The molecule has 2 rings (SSSR count). The minimum absolute atomic E-state index is 0.171. The molecule has 0 spiro atoms. The van der Waals surface area contributed by atoms with E-state index in [1.54, 1.807) is 11.8 Å². The zero-order valence-electron chi connectivity index (χ0n) is 9.68. The molecule has 92 valence electrons. The van der Waals surface area contributed by atoms with Gasteiger partial charge in [-0.05, 0) is 18.4 Å². The molecule has 0 fully saturated rings. The van der Waals surface area contributed by atoms with Crippen LogP contribution in [0.2, 0.25) is 0 Å². The summed E-state index contributed by atoms with van der Waals surface area (Å²) < 4.78 is 0. The number of ketones is 1. The highest BCUT2D eigenvalue weighted by molar-refractivity contribution is 8.03. The third kappa shape index (κ3) is 2.91. The van der Waals surface area contributed by atoms with Gasteiger partial charge in [0, 0.05) is 23.6 Å². The van der Waals surface area contributed by atoms with Crippen LogP contribution in [0.15, 0.2) is 28.1 Å². The van der Waals surface area contributed by atoms with Gasteiger partial charge in [0.1, 0.15) is 0 Å². The van der Waals surface area contributed by atoms with Gasteiger partial charge in [0.15, 0.2) is 5.78 Å². The smallest absolute Gasteiger partial charge is 0.191 e. The summed E-state index contributed by atoms with van der Waals surface area (Å²) in [5, 5.41) is 10.9. The number of allylic oxidation sites excluding steroid dienone is 1. The van der Waals surface area contributed by atoms with Gasteiger partial charge < -0.3 is 10.0 Å². The van der Waals surface area contributed by atoms with Crippen molar-refractivity contribution >= 4 is 28.9 Å². The number of carbonyl (C=O) groups is 1. The summed E-state index contributed by atoms with van der Waals surface area (Å²) in [5.41, 5.74) is 1.13. The van der Waals surface area contributed by atoms with Crippen LogP contribution in [0.5, 0.6) is 0 Å². The molecule has 0 unspecified atom stereocenters. The summed E-state index contributed by atoms with van der Waals surface area (Å²) in [6.45, 7) is 2.63. The zero-order chi connectivity index (χ0) is 12.3. The van der Waals surface area contributed by atoms with Gasteiger partial charge in [-0.3, -0.25) is 4.79 Å². The Morgan fingerprint density at radius 1 is 1.59 bits per heavy atom. The van der Waals surface area contributed by atoms with Crippen LogP contribution in [-0.4, -0.2) is 34.8 Å². The first-order valence-electron chi connectivity index (χ1n) is 5.47. The number of hydrogen-bond donors (Lipinski definition) is 1. The Bertz CT molecular complexity index is 426. The second-order valence-electron chi connectivity index (χ2n) is 3.85. The van der Waals surface area contributed by atoms with Crippen LogP contribution in [-0.2, 0) is 0 Å². The predicted octanol–water partition coefficient (Wildman–Crippen LogP) is 2.55. The number of hydrogen-bond acceptors (Lipinski definition) is 5. The van der Waals surface area contributed by atoms with Crippen molar-refractivity contribution in [3.8, 4) is 0 Å². The normalized spacial score (nSPS) is 15.8. The van der Waals surface area contributed by atoms with Crippen molar-refractivity contribution in [1.82, 2.24) is 4.90 Å². The van der Waals surface area contributed by atoms with Gasteiger partial charge in [0.05, 0.1) is 17.3 Å². The molecule has 0 saturated carbocycles. The van der Waals surface area contributed by atoms with E-state index < -0.39 is 0 Å². The van der Waals surface area contributed by atoms with E-state index in [2.05, 4.69) is 4.90 Å². The molecule has 0 radical (unpaired) electrons. The molecular formula is C12H15NO2S2. The standard InChI is InChI=1S/C12H15NO2S2/c1-9-11(4-5-14)17-8-13(9)7-10(15)12-3-2-6-16-12/h2-3,6,14H,4-5,7-8H2,1H3. The second-order valence-corrected chi connectivity index (χ2v) is 5.84. The highest BCUT2D eigenvalue weighted by atomic mass is 32.2. The zero-order valence-corrected chi connectivity index (χ0v) is 11.3. The van der Waals surface area contributed by atoms with E-state index in [0.717, 1.165) is 16.5 Å². The summed E-state index contributed by atoms with van der Waals surface area (Å²) in [4.78, 5) is 16.1. The van der Waals surface area contributed by atoms with Crippen LogP contribution < -0.4 is 0 Å². The lowest BCUT2D eigenvalue weighted by Gasteiger charge is -2.17. The van der Waals surface area contributed by atoms with E-state index in [0.29, 0.717) is 13.0 Å². The largest absolute Gasteiger partial charge is 0.396 e. The number of carbonyl (C=O) groups excluding carboxylic acids is 1. The second kappa shape index (κ2) is 5.71. The number of rotatable bonds is 5. The number of thiophene rings is 1. The van der Waals surface area contributed by atoms with Gasteiger partial charge in [-0.2, -0.15) is 0 Å². The first-order valence-corrected chi connectivity index (χ1v) is 7.34. The molecule has 0 aliphatic carbocycles. The van der Waals surface area contributed by atoms with Crippen molar-refractivity contribution in [3.05, 3.63) is 33.0 Å². The minimum atomic E-state index is 0.171. The Labute approximate surface area is 109 Å². The summed E-state index contributed by atoms with van der Waals surface area (Å²) in [5.74, 6) is 0.989. The average Bonchev–Trinajstić information content (AvgIpc) is 2.94. The number of aliphatic hydroxyl groups excluding tert-OH is 1. The SMILES string of the molecule is CC1=C(CCO)SCN1CC(=O)c1cccs1. The lowest BCUT2D eigenvalue weighted by atomic mass is 10.2. The molecule has 0 aromatic carbocycles. The fraction of sp³-hybridized carbons (Fsp3) is 0.417. The van der Waals surface area contributed by atoms with Crippen LogP contribution >= 0.6 is 23.1 Å². The highest BCUT2D eigenvalue weighted by Crippen LogP contribution is 2.33. The van der Waals surface area contributed by atoms with Crippen molar-refractivity contribution < 1.29 is 9.90 Å². The Morgan fingerprint density at radius 2 is 2.41 bits per heavy atom. The summed E-state index contributed by atoms with van der Waals surface area (Å²) in [7, 11) is 0. The van der Waals surface area contributed by atoms with Gasteiger partial charge in [-0.15, -0.1) is 23.1 Å². The molecule has 3 nitrogen and oxygen atoms in total. The van der Waals surface area contributed by atoms with Gasteiger partial charge >= 0.3 is 0 Å². The van der Waals surface area contributed by atoms with Crippen LogP contribution in [0.25, 0.3) is 0 Å². The molecule has 0 bridgehead atoms. The van der Waals surface area contributed by atoms with E-state index in [9.17, 15) is 4.79 Å². The van der Waals surface area contributed by atoms with Crippen LogP contribution in [0.3, 0.4) is 0 Å². The summed E-state index contributed by atoms with van der Waals surface area (Å²) in [6.07, 6.45) is 0.695. The minimum Gasteiger partial charge on any atom is -0.396 e. The molecule has 2 heterocycles. The Kier molecular flexibility index (Phi) is 4.25. The van der Waals surface area contributed by atoms with Gasteiger partial charge in [-0.1, -0.05) is 6.07 Å². The molecule has 1 aliphatic rings. The molecule has 17 heavy (non-hydrogen) atoms. The van der Waals surface area contributed by atoms with Crippen LogP contribution in [0.1, 0.15) is 23.0 Å². The summed E-state index contributed by atoms with van der Waals surface area (Å²) in [6, 6.07) is 3.76. The molecular weight excluding hydrogens is 254 g/mol. The first kappa shape index (κ1) is 12.7. The van der Waals surface area contributed by atoms with E-state index >= 15 is 0 Å². The maximum absolute atomic E-state index is 12.0. The Morgan fingerprint density at radius 3 is 3.06 bits per heavy atom. The number of thioether (sulfide) groups is 1. The molecule has 0 saturated heterocycles. The maximum atomic E-state index is 12.0. The Hall–Kier alpha value is -0.780. The molecule has 1 aromatic rings. The number of aliphatic hydroxyl groups is 1. The van der Waals surface area contributed by atoms with Crippen LogP contribution in [0, 0.1) is 0 Å². The lowest BCUT2D eigenvalue weighted by Crippen LogP contribution is -2.25. The van der Waals surface area contributed by atoms with E-state index in [4.69, 9.17) is 5.11 Å². The molecule has 1 N–H and O–H groups in total. The van der Waals surface area contributed by atoms with Crippen LogP contribution in [0.4, 0.5) is 0 Å². The fourth-order valence-electron chi connectivity index (χ4n) is 1.74. The molecule has 1 aliphatic heterocycles. The van der Waals surface area contributed by atoms with Crippen molar-refractivity contribution in [2.45, 2.75) is 13.3 Å². The van der Waals surface area contributed by atoms with Crippen molar-refractivity contribution in [3.63, 3.8) is 0 Å². The Balaban J connectivity index is 1.99. The average molecular weight is 269 g/mol. The topological polar surface area (TPSA) is 40.5 Å². The third-order valence-corrected chi connectivity index (χ3v) is 4.94. The fourth-order valence-corrected chi connectivity index (χ4v) is 3.57. The molecule has 1 aromatic heterocycles. The first-order chi connectivity index (χ1) is 8.22. The van der Waals surface area contributed by atoms with E-state index in [1.807, 2.05) is 24.4 Å². The molecule has 0 amide bonds. The van der Waals surface area contributed by atoms with Gasteiger partial charge in [0.2, 0.25) is 0 Å². The van der Waals surface area contributed by atoms with Crippen molar-refractivity contribution in [2.75, 3.05) is 19.0 Å². The van der Waals surface area contributed by atoms with E-state index in [-0.39, 0.29) is 12.4 Å². The number of nitrogens with zero attached hydrogens (tertiary/aromatic N) is 1. The van der Waals surface area contributed by atoms with Crippen molar-refractivity contribution in [1.29, 1.82) is 0 Å². The van der Waals surface area contributed by atoms with E-state index in [1.165, 1.54) is 16.2 Å². The number of Topliss-reactive ketones (excluding diaryl/α,β-unsaturated/α-hetero) is 1.